The molecule has 0 bridgehead atoms. The number of benzene rings is 1. The Kier molecular flexibility index (Phi) is 4.30. The Morgan fingerprint density at radius 2 is 2.06 bits per heavy atom. The summed E-state index contributed by atoms with van der Waals surface area (Å²) in [6.07, 6.45) is 1.22. The average molecular weight is 357 g/mol. The van der Waals surface area contributed by atoms with Crippen molar-refractivity contribution in [2.75, 3.05) is 6.54 Å². The van der Waals surface area contributed by atoms with Crippen molar-refractivity contribution in [2.45, 2.75) is 33.2 Å². The molecule has 1 fully saturated rings. The van der Waals surface area contributed by atoms with E-state index in [1.165, 1.54) is 6.42 Å². The largest absolute Gasteiger partial charge is 0.335 e. The van der Waals surface area contributed by atoms with Crippen LogP contribution in [0.15, 0.2) is 24.3 Å². The minimum atomic E-state index is 0.180. The summed E-state index contributed by atoms with van der Waals surface area (Å²) in [5.74, 6) is 1.36. The molecule has 0 saturated carbocycles. The molecule has 1 aromatic rings. The molecule has 1 aliphatic heterocycles. The van der Waals surface area contributed by atoms with E-state index < -0.39 is 0 Å². The Balaban J connectivity index is 2.22. The van der Waals surface area contributed by atoms with Crippen LogP contribution in [0.1, 0.15) is 37.6 Å². The first-order chi connectivity index (χ1) is 8.49. The third-order valence-corrected chi connectivity index (χ3v) is 4.60. The molecular weight excluding hydrogens is 337 g/mol. The molecule has 1 amide bonds. The molecule has 2 rings (SSSR count). The van der Waals surface area contributed by atoms with E-state index in [1.807, 2.05) is 29.2 Å². The highest BCUT2D eigenvalue weighted by Crippen LogP contribution is 2.28. The quantitative estimate of drug-likeness (QED) is 0.701. The summed E-state index contributed by atoms with van der Waals surface area (Å²) in [6, 6.07) is 8.20. The molecule has 0 aliphatic carbocycles. The predicted molar refractivity (Wildman–Crippen MR) is 82.6 cm³/mol. The van der Waals surface area contributed by atoms with Crippen LogP contribution in [0.25, 0.3) is 0 Å². The van der Waals surface area contributed by atoms with Crippen molar-refractivity contribution in [1.82, 2.24) is 4.90 Å². The number of hydrogen-bond acceptors (Lipinski definition) is 1. The number of nitrogens with zero attached hydrogens (tertiary/aromatic N) is 1. The molecule has 3 atom stereocenters. The fourth-order valence-electron chi connectivity index (χ4n) is 2.77. The summed E-state index contributed by atoms with van der Waals surface area (Å²) in [4.78, 5) is 14.6. The number of piperidine rings is 1. The van der Waals surface area contributed by atoms with Gasteiger partial charge < -0.3 is 4.90 Å². The minimum absolute atomic E-state index is 0.180. The van der Waals surface area contributed by atoms with Crippen LogP contribution in [-0.2, 0) is 0 Å². The molecule has 0 radical (unpaired) electrons. The number of amides is 1. The number of carbonyl (C=O) groups is 1. The van der Waals surface area contributed by atoms with Crippen LogP contribution in [-0.4, -0.2) is 23.4 Å². The monoisotopic (exact) mass is 357 g/mol. The van der Waals surface area contributed by atoms with Crippen molar-refractivity contribution in [1.29, 1.82) is 0 Å². The summed E-state index contributed by atoms with van der Waals surface area (Å²) in [5, 5.41) is 0. The summed E-state index contributed by atoms with van der Waals surface area (Å²) in [6.45, 7) is 7.53. The fourth-order valence-corrected chi connectivity index (χ4v) is 3.31. The lowest BCUT2D eigenvalue weighted by Gasteiger charge is -2.41. The highest BCUT2D eigenvalue weighted by atomic mass is 127. The van der Waals surface area contributed by atoms with Crippen molar-refractivity contribution in [3.8, 4) is 0 Å². The Labute approximate surface area is 123 Å². The van der Waals surface area contributed by atoms with E-state index in [4.69, 9.17) is 0 Å². The Morgan fingerprint density at radius 1 is 1.33 bits per heavy atom. The lowest BCUT2D eigenvalue weighted by Crippen LogP contribution is -2.48. The van der Waals surface area contributed by atoms with Gasteiger partial charge in [-0.25, -0.2) is 0 Å². The van der Waals surface area contributed by atoms with E-state index >= 15 is 0 Å². The van der Waals surface area contributed by atoms with Gasteiger partial charge in [0.2, 0.25) is 0 Å². The van der Waals surface area contributed by atoms with Gasteiger partial charge in [0.15, 0.2) is 0 Å². The summed E-state index contributed by atoms with van der Waals surface area (Å²) >= 11 is 2.25. The van der Waals surface area contributed by atoms with Crippen LogP contribution in [0.2, 0.25) is 0 Å². The van der Waals surface area contributed by atoms with Crippen molar-refractivity contribution in [3.05, 3.63) is 33.4 Å². The Bertz CT molecular complexity index is 446. The molecule has 0 aromatic heterocycles. The molecule has 98 valence electrons. The van der Waals surface area contributed by atoms with E-state index in [0.29, 0.717) is 17.9 Å². The second kappa shape index (κ2) is 5.59. The maximum Gasteiger partial charge on any atom is 0.254 e. The Hall–Kier alpha value is -0.580. The molecule has 2 nitrogen and oxygen atoms in total. The van der Waals surface area contributed by atoms with Crippen LogP contribution in [0.5, 0.6) is 0 Å². The zero-order valence-corrected chi connectivity index (χ0v) is 13.3. The Morgan fingerprint density at radius 3 is 2.72 bits per heavy atom. The first-order valence-corrected chi connectivity index (χ1v) is 7.63. The van der Waals surface area contributed by atoms with Crippen LogP contribution in [0.4, 0.5) is 0 Å². The van der Waals surface area contributed by atoms with Crippen molar-refractivity contribution in [3.63, 3.8) is 0 Å². The van der Waals surface area contributed by atoms with E-state index in [2.05, 4.69) is 43.4 Å². The number of carbonyl (C=O) groups excluding carboxylic acids is 1. The first-order valence-electron chi connectivity index (χ1n) is 6.55. The molecule has 0 N–H and O–H groups in total. The summed E-state index contributed by atoms with van der Waals surface area (Å²) in [7, 11) is 0. The first kappa shape index (κ1) is 13.8. The van der Waals surface area contributed by atoms with Gasteiger partial charge in [0.05, 0.1) is 0 Å². The highest BCUT2D eigenvalue weighted by molar-refractivity contribution is 14.1. The lowest BCUT2D eigenvalue weighted by atomic mass is 9.85. The van der Waals surface area contributed by atoms with Crippen LogP contribution >= 0.6 is 22.6 Å². The standard InChI is InChI=1S/C15H20INO/c1-10-7-11(2)12(3)17(9-10)15(18)13-5-4-6-14(16)8-13/h4-6,8,10-12H,7,9H2,1-3H3. The van der Waals surface area contributed by atoms with Crippen molar-refractivity contribution in [2.24, 2.45) is 11.8 Å². The topological polar surface area (TPSA) is 20.3 Å². The molecular formula is C15H20INO. The fraction of sp³-hybridized carbons (Fsp3) is 0.533. The van der Waals surface area contributed by atoms with Gasteiger partial charge in [-0.2, -0.15) is 0 Å². The molecule has 0 spiro atoms. The van der Waals surface area contributed by atoms with Gasteiger partial charge >= 0.3 is 0 Å². The van der Waals surface area contributed by atoms with E-state index in [0.717, 1.165) is 15.7 Å². The van der Waals surface area contributed by atoms with Gasteiger partial charge in [0.25, 0.3) is 5.91 Å². The number of rotatable bonds is 1. The maximum atomic E-state index is 12.6. The molecule has 3 heteroatoms. The summed E-state index contributed by atoms with van der Waals surface area (Å²) in [5.41, 5.74) is 0.815. The zero-order valence-electron chi connectivity index (χ0n) is 11.2. The molecule has 1 aromatic carbocycles. The molecule has 1 saturated heterocycles. The molecule has 18 heavy (non-hydrogen) atoms. The molecule has 1 heterocycles. The number of likely N-dealkylation sites (tertiary alicyclic amines) is 1. The highest BCUT2D eigenvalue weighted by Gasteiger charge is 2.32. The van der Waals surface area contributed by atoms with Gasteiger partial charge in [-0.15, -0.1) is 0 Å². The third-order valence-electron chi connectivity index (χ3n) is 3.93. The van der Waals surface area contributed by atoms with Gasteiger partial charge in [-0.05, 0) is 66.0 Å². The van der Waals surface area contributed by atoms with Crippen LogP contribution < -0.4 is 0 Å². The van der Waals surface area contributed by atoms with Crippen LogP contribution in [0.3, 0.4) is 0 Å². The second-order valence-corrected chi connectivity index (χ2v) is 6.77. The summed E-state index contributed by atoms with van der Waals surface area (Å²) < 4.78 is 1.12. The smallest absolute Gasteiger partial charge is 0.254 e. The predicted octanol–water partition coefficient (Wildman–Crippen LogP) is 3.80. The van der Waals surface area contributed by atoms with E-state index in [9.17, 15) is 4.79 Å². The second-order valence-electron chi connectivity index (χ2n) is 5.53. The lowest BCUT2D eigenvalue weighted by molar-refractivity contribution is 0.0455. The zero-order chi connectivity index (χ0) is 13.3. The molecule has 3 unspecified atom stereocenters. The third kappa shape index (κ3) is 2.87. The van der Waals surface area contributed by atoms with Gasteiger partial charge in [0.1, 0.15) is 0 Å². The SMILES string of the molecule is CC1CC(C)C(C)N(C(=O)c2cccc(I)c2)C1. The van der Waals surface area contributed by atoms with Gasteiger partial charge in [0, 0.05) is 21.7 Å². The average Bonchev–Trinajstić information content (AvgIpc) is 2.33. The van der Waals surface area contributed by atoms with Gasteiger partial charge in [-0.3, -0.25) is 4.79 Å². The van der Waals surface area contributed by atoms with Crippen LogP contribution in [0, 0.1) is 15.4 Å². The van der Waals surface area contributed by atoms with E-state index in [-0.39, 0.29) is 5.91 Å². The number of halogens is 1. The number of hydrogen-bond donors (Lipinski definition) is 0. The van der Waals surface area contributed by atoms with Gasteiger partial charge in [-0.1, -0.05) is 19.9 Å². The molecule has 1 aliphatic rings. The normalized spacial score (nSPS) is 28.2. The van der Waals surface area contributed by atoms with Crippen molar-refractivity contribution >= 4 is 28.5 Å². The van der Waals surface area contributed by atoms with Crippen molar-refractivity contribution < 1.29 is 4.79 Å². The minimum Gasteiger partial charge on any atom is -0.335 e. The maximum absolute atomic E-state index is 12.6. The van der Waals surface area contributed by atoms with E-state index in [1.54, 1.807) is 0 Å².